The van der Waals surface area contributed by atoms with Gasteiger partial charge in [-0.2, -0.15) is 0 Å². The summed E-state index contributed by atoms with van der Waals surface area (Å²) in [7, 11) is 0. The van der Waals surface area contributed by atoms with Crippen LogP contribution in [0.3, 0.4) is 0 Å². The molecule has 0 unspecified atom stereocenters. The third kappa shape index (κ3) is 3.75. The van der Waals surface area contributed by atoms with Gasteiger partial charge in [0.25, 0.3) is 0 Å². The van der Waals surface area contributed by atoms with Crippen molar-refractivity contribution in [1.29, 1.82) is 0 Å². The first-order chi connectivity index (χ1) is 5.61. The largest absolute Gasteiger partial charge is 1.00 e. The van der Waals surface area contributed by atoms with Crippen LogP contribution >= 0.6 is 23.2 Å². The molecular formula is C7H7Cl2N2NaO. The normalized spacial score (nSPS) is 8.77. The number of urea groups is 1. The molecular weight excluding hydrogens is 222 g/mol. The van der Waals surface area contributed by atoms with Crippen molar-refractivity contribution in [3.05, 3.63) is 28.2 Å². The summed E-state index contributed by atoms with van der Waals surface area (Å²) in [6.07, 6.45) is 0. The number of rotatable bonds is 1. The van der Waals surface area contributed by atoms with E-state index in [-0.39, 0.29) is 36.0 Å². The Morgan fingerprint density at radius 2 is 2.08 bits per heavy atom. The number of nitrogens with one attached hydrogen (secondary N) is 1. The molecule has 66 valence electrons. The smallest absolute Gasteiger partial charge is 1.00 e. The van der Waals surface area contributed by atoms with Crippen LogP contribution in [-0.4, -0.2) is 6.03 Å². The second kappa shape index (κ2) is 5.73. The van der Waals surface area contributed by atoms with E-state index in [1.54, 1.807) is 18.2 Å². The summed E-state index contributed by atoms with van der Waals surface area (Å²) < 4.78 is 0. The topological polar surface area (TPSA) is 55.1 Å². The van der Waals surface area contributed by atoms with E-state index in [2.05, 4.69) is 5.32 Å². The minimum Gasteiger partial charge on any atom is -1.00 e. The molecule has 0 spiro atoms. The van der Waals surface area contributed by atoms with Gasteiger partial charge in [-0.3, -0.25) is 0 Å². The number of anilines is 1. The molecule has 1 rings (SSSR count). The summed E-state index contributed by atoms with van der Waals surface area (Å²) in [5, 5.41) is 3.00. The number of amides is 2. The Hall–Kier alpha value is 0.0700. The fourth-order valence-electron chi connectivity index (χ4n) is 0.733. The molecule has 0 aliphatic rings. The Morgan fingerprint density at radius 1 is 1.46 bits per heavy atom. The maximum Gasteiger partial charge on any atom is 1.00 e. The molecule has 0 aliphatic carbocycles. The number of carbonyl (C=O) groups excluding carboxylic acids is 1. The summed E-state index contributed by atoms with van der Waals surface area (Å²) in [5.74, 6) is 0. The molecule has 6 heteroatoms. The van der Waals surface area contributed by atoms with Crippen LogP contribution in [0.5, 0.6) is 0 Å². The predicted octanol–water partition coefficient (Wildman–Crippen LogP) is -0.399. The number of nitrogens with two attached hydrogens (primary N) is 1. The molecule has 1 aromatic carbocycles. The molecule has 0 fully saturated rings. The molecule has 0 saturated heterocycles. The number of hydrogen-bond donors (Lipinski definition) is 2. The Kier molecular flexibility index (Phi) is 5.76. The molecule has 3 nitrogen and oxygen atoms in total. The first-order valence-corrected chi connectivity index (χ1v) is 3.87. The molecule has 0 aliphatic heterocycles. The average Bonchev–Trinajstić information content (AvgIpc) is 1.98. The number of halogens is 2. The maximum atomic E-state index is 10.4. The minimum atomic E-state index is -0.667. The molecule has 1 aromatic rings. The van der Waals surface area contributed by atoms with Crippen molar-refractivity contribution >= 4 is 34.9 Å². The summed E-state index contributed by atoms with van der Waals surface area (Å²) in [6.45, 7) is 0. The van der Waals surface area contributed by atoms with Crippen molar-refractivity contribution in [2.24, 2.45) is 5.73 Å². The van der Waals surface area contributed by atoms with E-state index in [9.17, 15) is 4.79 Å². The molecule has 0 aromatic heterocycles. The number of hydrogen-bond acceptors (Lipinski definition) is 1. The standard InChI is InChI=1S/C7H6Cl2N2O.Na.H/c8-4-2-1-3-5(6(4)9)11-7(10)12;;/h1-3H,(H3,10,11,12);;/q;+1;-1. The van der Waals surface area contributed by atoms with Gasteiger partial charge in [-0.1, -0.05) is 29.3 Å². The zero-order valence-electron chi connectivity index (χ0n) is 7.97. The zero-order valence-corrected chi connectivity index (χ0v) is 10.5. The Bertz CT molecular complexity index is 325. The van der Waals surface area contributed by atoms with Crippen molar-refractivity contribution in [3.8, 4) is 0 Å². The molecule has 0 radical (unpaired) electrons. The van der Waals surface area contributed by atoms with E-state index < -0.39 is 6.03 Å². The van der Waals surface area contributed by atoms with Gasteiger partial charge in [0.1, 0.15) is 0 Å². The van der Waals surface area contributed by atoms with E-state index >= 15 is 0 Å². The molecule has 0 bridgehead atoms. The summed E-state index contributed by atoms with van der Waals surface area (Å²) in [4.78, 5) is 10.4. The predicted molar refractivity (Wildman–Crippen MR) is 50.8 cm³/mol. The summed E-state index contributed by atoms with van der Waals surface area (Å²) in [5.41, 5.74) is 5.31. The van der Waals surface area contributed by atoms with Crippen LogP contribution < -0.4 is 40.6 Å². The van der Waals surface area contributed by atoms with Gasteiger partial charge in [0, 0.05) is 0 Å². The first kappa shape index (κ1) is 13.1. The number of carbonyl (C=O) groups is 1. The van der Waals surface area contributed by atoms with Gasteiger partial charge in [0.15, 0.2) is 0 Å². The van der Waals surface area contributed by atoms with E-state index in [0.29, 0.717) is 10.7 Å². The maximum absolute atomic E-state index is 10.4. The fraction of sp³-hybridized carbons (Fsp3) is 0. The van der Waals surface area contributed by atoms with Crippen LogP contribution in [-0.2, 0) is 0 Å². The molecule has 0 atom stereocenters. The Labute approximate surface area is 109 Å². The summed E-state index contributed by atoms with van der Waals surface area (Å²) >= 11 is 11.4. The van der Waals surface area contributed by atoms with Crippen molar-refractivity contribution in [2.45, 2.75) is 0 Å². The average molecular weight is 229 g/mol. The Morgan fingerprint density at radius 3 is 2.62 bits per heavy atom. The van der Waals surface area contributed by atoms with Gasteiger partial charge >= 0.3 is 35.6 Å². The van der Waals surface area contributed by atoms with Crippen LogP contribution in [0, 0.1) is 0 Å². The van der Waals surface area contributed by atoms with Crippen molar-refractivity contribution in [1.82, 2.24) is 0 Å². The molecule has 3 N–H and O–H groups in total. The van der Waals surface area contributed by atoms with E-state index in [4.69, 9.17) is 28.9 Å². The minimum absolute atomic E-state index is 0. The Balaban J connectivity index is 0. The molecule has 13 heavy (non-hydrogen) atoms. The van der Waals surface area contributed by atoms with Crippen molar-refractivity contribution < 1.29 is 35.8 Å². The third-order valence-corrected chi connectivity index (χ3v) is 2.03. The zero-order chi connectivity index (χ0) is 9.14. The van der Waals surface area contributed by atoms with E-state index in [0.717, 1.165) is 0 Å². The van der Waals surface area contributed by atoms with Crippen LogP contribution in [0.15, 0.2) is 18.2 Å². The second-order valence-electron chi connectivity index (χ2n) is 2.09. The van der Waals surface area contributed by atoms with E-state index in [1.165, 1.54) is 0 Å². The van der Waals surface area contributed by atoms with E-state index in [1.807, 2.05) is 0 Å². The fourth-order valence-corrected chi connectivity index (χ4v) is 1.08. The molecule has 0 saturated carbocycles. The van der Waals surface area contributed by atoms with Gasteiger partial charge in [-0.05, 0) is 12.1 Å². The number of primary amides is 1. The van der Waals surface area contributed by atoms with Gasteiger partial charge in [-0.25, -0.2) is 4.79 Å². The quantitative estimate of drug-likeness (QED) is 0.632. The van der Waals surface area contributed by atoms with Gasteiger partial charge in [0.2, 0.25) is 0 Å². The van der Waals surface area contributed by atoms with Crippen LogP contribution in [0.2, 0.25) is 10.0 Å². The first-order valence-electron chi connectivity index (χ1n) is 3.11. The van der Waals surface area contributed by atoms with Gasteiger partial charge in [-0.15, -0.1) is 0 Å². The monoisotopic (exact) mass is 228 g/mol. The van der Waals surface area contributed by atoms with Gasteiger partial charge < -0.3 is 12.5 Å². The van der Waals surface area contributed by atoms with Gasteiger partial charge in [0.05, 0.1) is 15.7 Å². The van der Waals surface area contributed by atoms with Crippen molar-refractivity contribution in [3.63, 3.8) is 0 Å². The van der Waals surface area contributed by atoms with Crippen LogP contribution in [0.25, 0.3) is 0 Å². The van der Waals surface area contributed by atoms with Crippen LogP contribution in [0.4, 0.5) is 10.5 Å². The second-order valence-corrected chi connectivity index (χ2v) is 2.88. The van der Waals surface area contributed by atoms with Crippen molar-refractivity contribution in [2.75, 3.05) is 5.32 Å². The molecule has 2 amide bonds. The number of benzene rings is 1. The third-order valence-electron chi connectivity index (χ3n) is 1.21. The van der Waals surface area contributed by atoms with Crippen LogP contribution in [0.1, 0.15) is 1.43 Å². The summed E-state index contributed by atoms with van der Waals surface area (Å²) in [6, 6.07) is 4.23. The SMILES string of the molecule is NC(=O)Nc1cccc(Cl)c1Cl.[H-].[Na+]. The molecule has 0 heterocycles.